The van der Waals surface area contributed by atoms with E-state index in [0.29, 0.717) is 6.42 Å². The summed E-state index contributed by atoms with van der Waals surface area (Å²) in [5.41, 5.74) is -1.31. The van der Waals surface area contributed by atoms with Gasteiger partial charge in [0.25, 0.3) is 5.91 Å². The standard InChI is InChI=1S/C31H54N4O9/c1-18(2)12-13-21(24(37)27(39)32-15-23(36)42-11)33-26(38)22-14-20(44-31(8,9)10)16-35(22)28(40)25(30(5,6)7)34-29(41)43-17-19(3)4/h18-22,25H,12-17H2,1-11H3,(H,32,39)(H,33,38)(H,34,41). The third kappa shape index (κ3) is 13.2. The van der Waals surface area contributed by atoms with E-state index in [4.69, 9.17) is 9.47 Å². The molecule has 0 aromatic heterocycles. The number of likely N-dealkylation sites (tertiary alicyclic amines) is 1. The number of ketones is 1. The normalized spacial score (nSPS) is 18.4. The Balaban J connectivity index is 3.32. The minimum absolute atomic E-state index is 0.0771. The molecule has 0 aromatic carbocycles. The Bertz CT molecular complexity index is 1030. The zero-order valence-corrected chi connectivity index (χ0v) is 28.3. The Hall–Kier alpha value is -3.22. The first kappa shape index (κ1) is 38.8. The van der Waals surface area contributed by atoms with Crippen LogP contribution in [0.5, 0.6) is 0 Å². The molecule has 4 amide bonds. The zero-order valence-electron chi connectivity index (χ0n) is 28.3. The zero-order chi connectivity index (χ0) is 34.0. The summed E-state index contributed by atoms with van der Waals surface area (Å²) >= 11 is 0. The Morgan fingerprint density at radius 1 is 0.886 bits per heavy atom. The van der Waals surface area contributed by atoms with Gasteiger partial charge in [0, 0.05) is 13.0 Å². The number of methoxy groups -OCH3 is 1. The van der Waals surface area contributed by atoms with Gasteiger partial charge in [0.15, 0.2) is 0 Å². The van der Waals surface area contributed by atoms with Gasteiger partial charge in [-0.2, -0.15) is 0 Å². The first-order chi connectivity index (χ1) is 20.2. The number of nitrogens with zero attached hydrogens (tertiary/aromatic N) is 1. The number of ether oxygens (including phenoxy) is 3. The number of rotatable bonds is 14. The van der Waals surface area contributed by atoms with Crippen LogP contribution in [0.3, 0.4) is 0 Å². The third-order valence-electron chi connectivity index (χ3n) is 6.80. The van der Waals surface area contributed by atoms with Gasteiger partial charge >= 0.3 is 12.1 Å². The lowest BCUT2D eigenvalue weighted by molar-refractivity contribution is -0.145. The maximum absolute atomic E-state index is 14.1. The molecule has 4 atom stereocenters. The van der Waals surface area contributed by atoms with Gasteiger partial charge in [-0.05, 0) is 50.9 Å². The summed E-state index contributed by atoms with van der Waals surface area (Å²) in [5, 5.41) is 7.59. The fourth-order valence-corrected chi connectivity index (χ4v) is 4.60. The Labute approximate surface area is 261 Å². The van der Waals surface area contributed by atoms with Gasteiger partial charge in [-0.3, -0.25) is 24.0 Å². The quantitative estimate of drug-likeness (QED) is 0.194. The first-order valence-corrected chi connectivity index (χ1v) is 15.3. The second kappa shape index (κ2) is 16.7. The summed E-state index contributed by atoms with van der Waals surface area (Å²) in [6.45, 7) is 18.4. The molecular weight excluding hydrogens is 572 g/mol. The summed E-state index contributed by atoms with van der Waals surface area (Å²) < 4.78 is 15.9. The molecule has 3 N–H and O–H groups in total. The number of carbonyl (C=O) groups is 6. The number of hydrogen-bond donors (Lipinski definition) is 3. The van der Waals surface area contributed by atoms with Crippen molar-refractivity contribution in [3.63, 3.8) is 0 Å². The Morgan fingerprint density at radius 2 is 1.50 bits per heavy atom. The number of esters is 1. The predicted octanol–water partition coefficient (Wildman–Crippen LogP) is 2.35. The van der Waals surface area contributed by atoms with Crippen LogP contribution < -0.4 is 16.0 Å². The van der Waals surface area contributed by atoms with E-state index < -0.39 is 77.4 Å². The van der Waals surface area contributed by atoms with Crippen LogP contribution in [0.2, 0.25) is 0 Å². The van der Waals surface area contributed by atoms with Crippen LogP contribution in [0.15, 0.2) is 0 Å². The molecule has 1 rings (SSSR count). The molecule has 0 aliphatic carbocycles. The van der Waals surface area contributed by atoms with Gasteiger partial charge in [0.2, 0.25) is 17.6 Å². The van der Waals surface area contributed by atoms with Crippen molar-refractivity contribution in [3.05, 3.63) is 0 Å². The molecule has 252 valence electrons. The highest BCUT2D eigenvalue weighted by Crippen LogP contribution is 2.29. The maximum Gasteiger partial charge on any atom is 0.407 e. The first-order valence-electron chi connectivity index (χ1n) is 15.3. The van der Waals surface area contributed by atoms with Crippen molar-refractivity contribution in [1.82, 2.24) is 20.9 Å². The Kier molecular flexibility index (Phi) is 14.8. The van der Waals surface area contributed by atoms with Gasteiger partial charge in [-0.15, -0.1) is 0 Å². The maximum atomic E-state index is 14.1. The van der Waals surface area contributed by atoms with Crippen LogP contribution in [-0.2, 0) is 38.2 Å². The minimum Gasteiger partial charge on any atom is -0.468 e. The van der Waals surface area contributed by atoms with Crippen molar-refractivity contribution in [2.45, 2.75) is 118 Å². The fourth-order valence-electron chi connectivity index (χ4n) is 4.60. The van der Waals surface area contributed by atoms with Crippen LogP contribution in [0.4, 0.5) is 4.79 Å². The molecule has 0 radical (unpaired) electrons. The highest BCUT2D eigenvalue weighted by Gasteiger charge is 2.47. The lowest BCUT2D eigenvalue weighted by atomic mass is 9.85. The second-order valence-electron chi connectivity index (χ2n) is 14.2. The van der Waals surface area contributed by atoms with Gasteiger partial charge in [0.1, 0.15) is 18.6 Å². The summed E-state index contributed by atoms with van der Waals surface area (Å²) in [4.78, 5) is 79.0. The number of carbonyl (C=O) groups excluding carboxylic acids is 6. The van der Waals surface area contributed by atoms with Crippen molar-refractivity contribution >= 4 is 35.6 Å². The number of amides is 4. The van der Waals surface area contributed by atoms with E-state index in [1.54, 1.807) is 20.8 Å². The van der Waals surface area contributed by atoms with Crippen LogP contribution in [0.25, 0.3) is 0 Å². The van der Waals surface area contributed by atoms with Crippen LogP contribution >= 0.6 is 0 Å². The molecule has 13 heteroatoms. The predicted molar refractivity (Wildman–Crippen MR) is 163 cm³/mol. The number of alkyl carbamates (subject to hydrolysis) is 1. The molecule has 1 fully saturated rings. The summed E-state index contributed by atoms with van der Waals surface area (Å²) in [7, 11) is 1.15. The van der Waals surface area contributed by atoms with E-state index in [2.05, 4.69) is 20.7 Å². The van der Waals surface area contributed by atoms with Crippen LogP contribution in [-0.4, -0.2) is 97.1 Å². The molecule has 1 heterocycles. The Morgan fingerprint density at radius 3 is 2.00 bits per heavy atom. The molecule has 44 heavy (non-hydrogen) atoms. The highest BCUT2D eigenvalue weighted by atomic mass is 16.5. The topological polar surface area (TPSA) is 169 Å². The second-order valence-corrected chi connectivity index (χ2v) is 14.2. The molecule has 1 saturated heterocycles. The van der Waals surface area contributed by atoms with E-state index >= 15 is 0 Å². The summed E-state index contributed by atoms with van der Waals surface area (Å²) in [5.74, 6) is -3.53. The molecule has 4 unspecified atom stereocenters. The number of nitrogens with one attached hydrogen (secondary N) is 3. The SMILES string of the molecule is COC(=O)CNC(=O)C(=O)C(CCC(C)C)NC(=O)C1CC(OC(C)(C)C)CN1C(=O)C(NC(=O)OCC(C)C)C(C)(C)C. The van der Waals surface area contributed by atoms with Gasteiger partial charge < -0.3 is 35.1 Å². The van der Waals surface area contributed by atoms with Gasteiger partial charge in [-0.25, -0.2) is 4.79 Å². The van der Waals surface area contributed by atoms with Crippen LogP contribution in [0, 0.1) is 17.3 Å². The van der Waals surface area contributed by atoms with E-state index in [1.807, 2.05) is 48.5 Å². The van der Waals surface area contributed by atoms with Crippen LogP contribution in [0.1, 0.15) is 88.5 Å². The lowest BCUT2D eigenvalue weighted by Gasteiger charge is -2.35. The average molecular weight is 627 g/mol. The molecular formula is C31H54N4O9. The smallest absolute Gasteiger partial charge is 0.407 e. The van der Waals surface area contributed by atoms with Crippen molar-refractivity contribution in [1.29, 1.82) is 0 Å². The third-order valence-corrected chi connectivity index (χ3v) is 6.80. The van der Waals surface area contributed by atoms with E-state index in [0.717, 1.165) is 7.11 Å². The van der Waals surface area contributed by atoms with Crippen molar-refractivity contribution in [3.8, 4) is 0 Å². The monoisotopic (exact) mass is 626 g/mol. The summed E-state index contributed by atoms with van der Waals surface area (Å²) in [6, 6.07) is -3.27. The fraction of sp³-hybridized carbons (Fsp3) is 0.806. The number of hydrogen-bond acceptors (Lipinski definition) is 9. The van der Waals surface area contributed by atoms with E-state index in [-0.39, 0.29) is 37.8 Å². The van der Waals surface area contributed by atoms with Crippen molar-refractivity contribution in [2.75, 3.05) is 26.8 Å². The minimum atomic E-state index is -1.19. The van der Waals surface area contributed by atoms with E-state index in [1.165, 1.54) is 4.90 Å². The molecule has 0 aromatic rings. The molecule has 0 bridgehead atoms. The highest BCUT2D eigenvalue weighted by molar-refractivity contribution is 6.38. The summed E-state index contributed by atoms with van der Waals surface area (Å²) in [6.07, 6.45) is -0.408. The molecule has 1 aliphatic rings. The molecule has 0 saturated carbocycles. The average Bonchev–Trinajstić information content (AvgIpc) is 3.31. The molecule has 1 aliphatic heterocycles. The van der Waals surface area contributed by atoms with Crippen molar-refractivity contribution < 1.29 is 43.0 Å². The largest absolute Gasteiger partial charge is 0.468 e. The van der Waals surface area contributed by atoms with Gasteiger partial charge in [-0.1, -0.05) is 48.5 Å². The lowest BCUT2D eigenvalue weighted by Crippen LogP contribution is -2.59. The van der Waals surface area contributed by atoms with Crippen molar-refractivity contribution in [2.24, 2.45) is 17.3 Å². The molecule has 0 spiro atoms. The van der Waals surface area contributed by atoms with E-state index in [9.17, 15) is 28.8 Å². The van der Waals surface area contributed by atoms with Gasteiger partial charge in [0.05, 0.1) is 31.5 Å². The number of Topliss-reactive ketones (excluding diaryl/α,β-unsaturated/α-hetero) is 1. The molecule has 13 nitrogen and oxygen atoms in total.